The molecule has 1 heterocycles. The normalized spacial score (nSPS) is 11.1. The molecule has 0 fully saturated rings. The highest BCUT2D eigenvalue weighted by Gasteiger charge is 2.17. The summed E-state index contributed by atoms with van der Waals surface area (Å²) in [5.74, 6) is 3.56. The number of benzene rings is 2. The highest BCUT2D eigenvalue weighted by molar-refractivity contribution is 7.97. The van der Waals surface area contributed by atoms with Crippen LogP contribution in [0, 0.1) is 39.4 Å². The summed E-state index contributed by atoms with van der Waals surface area (Å²) in [4.78, 5) is 0. The van der Waals surface area contributed by atoms with Gasteiger partial charge in [-0.25, -0.2) is 0 Å². The van der Waals surface area contributed by atoms with Crippen molar-refractivity contribution in [3.05, 3.63) is 61.1 Å². The summed E-state index contributed by atoms with van der Waals surface area (Å²) in [6.07, 6.45) is 0. The quantitative estimate of drug-likeness (QED) is 0.389. The summed E-state index contributed by atoms with van der Waals surface area (Å²) in [7, 11) is 3.19. The van der Waals surface area contributed by atoms with Crippen LogP contribution < -0.4 is 9.47 Å². The zero-order valence-corrected chi connectivity index (χ0v) is 21.4. The molecule has 0 aliphatic carbocycles. The van der Waals surface area contributed by atoms with E-state index < -0.39 is 0 Å². The molecule has 31 heavy (non-hydrogen) atoms. The van der Waals surface area contributed by atoms with Gasteiger partial charge in [-0.15, -0.1) is 11.8 Å². The molecule has 2 aromatic carbocycles. The molecule has 5 nitrogen and oxygen atoms in total. The van der Waals surface area contributed by atoms with Crippen molar-refractivity contribution in [2.75, 3.05) is 14.2 Å². The summed E-state index contributed by atoms with van der Waals surface area (Å²) in [6, 6.07) is 3.55. The Morgan fingerprint density at radius 3 is 2.10 bits per heavy atom. The van der Waals surface area contributed by atoms with E-state index in [9.17, 15) is 0 Å². The SMILES string of the molecule is COc1cc(-n2c(CSCc3c(C)c(C)c(C)c(C)c3C)n[nH]c2=S)c(OC)cc1Cl. The minimum Gasteiger partial charge on any atom is -0.495 e. The molecule has 0 spiro atoms. The first-order valence-electron chi connectivity index (χ1n) is 9.93. The average molecular weight is 478 g/mol. The Kier molecular flexibility index (Phi) is 7.39. The van der Waals surface area contributed by atoms with Crippen molar-refractivity contribution in [3.8, 4) is 17.2 Å². The standard InChI is InChI=1S/C23H28ClN3O2S2/c1-12-13(2)15(4)17(16(5)14(12)3)10-31-11-22-25-26-23(30)27(22)19-9-20(28-6)18(24)8-21(19)29-7/h8-9H,10-11H2,1-7H3,(H,26,30). The lowest BCUT2D eigenvalue weighted by atomic mass is 9.90. The van der Waals surface area contributed by atoms with Gasteiger partial charge >= 0.3 is 0 Å². The third kappa shape index (κ3) is 4.49. The molecule has 8 heteroatoms. The summed E-state index contributed by atoms with van der Waals surface area (Å²) in [5, 5.41) is 7.85. The number of hydrogen-bond acceptors (Lipinski definition) is 5. The van der Waals surface area contributed by atoms with Crippen LogP contribution in [-0.4, -0.2) is 29.0 Å². The molecular weight excluding hydrogens is 450 g/mol. The maximum absolute atomic E-state index is 6.27. The molecule has 0 bridgehead atoms. The molecule has 0 aliphatic rings. The Morgan fingerprint density at radius 2 is 1.52 bits per heavy atom. The minimum absolute atomic E-state index is 0.477. The Hall–Kier alpha value is -1.96. The van der Waals surface area contributed by atoms with Gasteiger partial charge in [-0.2, -0.15) is 5.10 Å². The van der Waals surface area contributed by atoms with Crippen molar-refractivity contribution in [2.45, 2.75) is 46.1 Å². The number of nitrogens with zero attached hydrogens (tertiary/aromatic N) is 2. The highest BCUT2D eigenvalue weighted by Crippen LogP contribution is 2.36. The Labute approximate surface area is 198 Å². The molecule has 1 aromatic heterocycles. The van der Waals surface area contributed by atoms with Crippen molar-refractivity contribution in [3.63, 3.8) is 0 Å². The molecule has 0 unspecified atom stereocenters. The monoisotopic (exact) mass is 477 g/mol. The molecule has 0 amide bonds. The predicted molar refractivity (Wildman–Crippen MR) is 132 cm³/mol. The number of thioether (sulfide) groups is 1. The fourth-order valence-corrected chi connectivity index (χ4v) is 5.33. The van der Waals surface area contributed by atoms with Crippen LogP contribution in [0.2, 0.25) is 5.02 Å². The molecule has 0 aliphatic heterocycles. The van der Waals surface area contributed by atoms with Gasteiger partial charge in [0.1, 0.15) is 17.3 Å². The molecule has 0 radical (unpaired) electrons. The van der Waals surface area contributed by atoms with Crippen molar-refractivity contribution in [2.24, 2.45) is 0 Å². The Balaban J connectivity index is 1.92. The van der Waals surface area contributed by atoms with Crippen LogP contribution in [0.15, 0.2) is 12.1 Å². The van der Waals surface area contributed by atoms with Crippen molar-refractivity contribution >= 4 is 35.6 Å². The number of nitrogens with one attached hydrogen (secondary N) is 1. The van der Waals surface area contributed by atoms with Gasteiger partial charge in [0, 0.05) is 17.9 Å². The second-order valence-electron chi connectivity index (χ2n) is 7.54. The minimum atomic E-state index is 0.477. The maximum Gasteiger partial charge on any atom is 0.200 e. The van der Waals surface area contributed by atoms with Gasteiger partial charge in [0.25, 0.3) is 0 Å². The lowest BCUT2D eigenvalue weighted by Crippen LogP contribution is -2.05. The van der Waals surface area contributed by atoms with Crippen LogP contribution in [0.1, 0.15) is 39.2 Å². The van der Waals surface area contributed by atoms with E-state index in [0.717, 1.165) is 17.3 Å². The van der Waals surface area contributed by atoms with Crippen LogP contribution in [0.5, 0.6) is 11.5 Å². The summed E-state index contributed by atoms with van der Waals surface area (Å²) in [5.41, 5.74) is 9.02. The zero-order chi connectivity index (χ0) is 22.9. The summed E-state index contributed by atoms with van der Waals surface area (Å²) >= 11 is 13.6. The molecule has 3 rings (SSSR count). The van der Waals surface area contributed by atoms with Gasteiger partial charge in [-0.05, 0) is 80.2 Å². The van der Waals surface area contributed by atoms with E-state index >= 15 is 0 Å². The third-order valence-corrected chi connectivity index (χ3v) is 7.59. The van der Waals surface area contributed by atoms with Gasteiger partial charge in [-0.1, -0.05) is 11.6 Å². The number of halogens is 1. The van der Waals surface area contributed by atoms with Crippen LogP contribution >= 0.6 is 35.6 Å². The van der Waals surface area contributed by atoms with E-state index in [1.165, 1.54) is 33.4 Å². The van der Waals surface area contributed by atoms with Crippen LogP contribution in [0.3, 0.4) is 0 Å². The molecule has 0 atom stereocenters. The molecule has 1 N–H and O–H groups in total. The average Bonchev–Trinajstić information content (AvgIpc) is 3.13. The lowest BCUT2D eigenvalue weighted by Gasteiger charge is -2.18. The van der Waals surface area contributed by atoms with E-state index in [1.54, 1.807) is 20.3 Å². The third-order valence-electron chi connectivity index (χ3n) is 6.07. The van der Waals surface area contributed by atoms with E-state index in [0.29, 0.717) is 27.0 Å². The fourth-order valence-electron chi connectivity index (χ4n) is 3.73. The van der Waals surface area contributed by atoms with Crippen molar-refractivity contribution in [1.29, 1.82) is 0 Å². The molecule has 0 saturated heterocycles. The Bertz CT molecular complexity index is 1160. The summed E-state index contributed by atoms with van der Waals surface area (Å²) < 4.78 is 13.3. The van der Waals surface area contributed by atoms with Crippen LogP contribution in [-0.2, 0) is 11.5 Å². The smallest absolute Gasteiger partial charge is 0.200 e. The largest absolute Gasteiger partial charge is 0.495 e. The first kappa shape index (κ1) is 23.7. The zero-order valence-electron chi connectivity index (χ0n) is 19.0. The van der Waals surface area contributed by atoms with Crippen molar-refractivity contribution in [1.82, 2.24) is 14.8 Å². The van der Waals surface area contributed by atoms with Gasteiger partial charge in [-0.3, -0.25) is 9.67 Å². The van der Waals surface area contributed by atoms with E-state index in [4.69, 9.17) is 33.3 Å². The van der Waals surface area contributed by atoms with Crippen LogP contribution in [0.25, 0.3) is 5.69 Å². The van der Waals surface area contributed by atoms with Gasteiger partial charge in [0.05, 0.1) is 30.7 Å². The lowest BCUT2D eigenvalue weighted by molar-refractivity contribution is 0.401. The Morgan fingerprint density at radius 1 is 0.935 bits per heavy atom. The second-order valence-corrected chi connectivity index (χ2v) is 9.31. The van der Waals surface area contributed by atoms with Gasteiger partial charge < -0.3 is 9.47 Å². The van der Waals surface area contributed by atoms with Crippen molar-refractivity contribution < 1.29 is 9.47 Å². The first-order valence-corrected chi connectivity index (χ1v) is 11.9. The number of aromatic nitrogens is 3. The molecule has 166 valence electrons. The summed E-state index contributed by atoms with van der Waals surface area (Å²) in [6.45, 7) is 11.0. The number of H-pyrrole nitrogens is 1. The van der Waals surface area contributed by atoms with E-state index in [2.05, 4.69) is 44.8 Å². The van der Waals surface area contributed by atoms with Gasteiger partial charge in [0.15, 0.2) is 4.77 Å². The van der Waals surface area contributed by atoms with Gasteiger partial charge in [0.2, 0.25) is 0 Å². The number of rotatable bonds is 7. The number of aromatic amines is 1. The van der Waals surface area contributed by atoms with Crippen LogP contribution in [0.4, 0.5) is 0 Å². The number of hydrogen-bond donors (Lipinski definition) is 1. The predicted octanol–water partition coefficient (Wildman–Crippen LogP) is 6.58. The maximum atomic E-state index is 6.27. The topological polar surface area (TPSA) is 52.1 Å². The fraction of sp³-hybridized carbons (Fsp3) is 0.391. The molecule has 0 saturated carbocycles. The highest BCUT2D eigenvalue weighted by atomic mass is 35.5. The van der Waals surface area contributed by atoms with E-state index in [1.807, 2.05) is 22.4 Å². The number of ether oxygens (including phenoxy) is 2. The molecular formula is C23H28ClN3O2S2. The number of methoxy groups -OCH3 is 2. The second kappa shape index (κ2) is 9.67. The molecule has 3 aromatic rings. The first-order chi connectivity index (χ1) is 14.7. The van der Waals surface area contributed by atoms with E-state index in [-0.39, 0.29) is 0 Å².